The van der Waals surface area contributed by atoms with Crippen molar-refractivity contribution in [2.45, 2.75) is 39.2 Å². The van der Waals surface area contributed by atoms with Crippen molar-refractivity contribution in [1.29, 1.82) is 0 Å². The molecule has 0 saturated carbocycles. The lowest BCUT2D eigenvalue weighted by atomic mass is 9.88. The second-order valence-electron chi connectivity index (χ2n) is 6.59. The molecule has 2 aromatic rings. The van der Waals surface area contributed by atoms with Crippen molar-refractivity contribution in [3.05, 3.63) is 58.7 Å². The molecule has 0 aromatic heterocycles. The Kier molecular flexibility index (Phi) is 5.10. The first kappa shape index (κ1) is 16.8. The van der Waals surface area contributed by atoms with Gasteiger partial charge in [0.1, 0.15) is 11.5 Å². The van der Waals surface area contributed by atoms with Gasteiger partial charge in [0.05, 0.1) is 19.8 Å². The van der Waals surface area contributed by atoms with Gasteiger partial charge in [-0.25, -0.2) is 0 Å². The first-order chi connectivity index (χ1) is 11.6. The van der Waals surface area contributed by atoms with Crippen LogP contribution in [-0.4, -0.2) is 20.3 Å². The van der Waals surface area contributed by atoms with E-state index in [1.807, 2.05) is 6.92 Å². The number of hydrogen-bond acceptors (Lipinski definition) is 3. The number of fused-ring (bicyclic) bond motifs is 1. The molecular formula is C21H27NO2. The lowest BCUT2D eigenvalue weighted by Gasteiger charge is -2.28. The van der Waals surface area contributed by atoms with Gasteiger partial charge in [0, 0.05) is 6.54 Å². The standard InChI is InChI=1S/C21H27NO2/c1-5-24-17-7-8-18-15(12-17)10-11-22-21(18)16-6-9-20(23-4)19(13-16)14(2)3/h6-9,12-14,21-22H,5,10-11H2,1-4H3. The van der Waals surface area contributed by atoms with Gasteiger partial charge in [-0.2, -0.15) is 0 Å². The maximum Gasteiger partial charge on any atom is 0.122 e. The minimum atomic E-state index is 0.229. The second-order valence-corrected chi connectivity index (χ2v) is 6.59. The lowest BCUT2D eigenvalue weighted by Crippen LogP contribution is -2.30. The Balaban J connectivity index is 1.98. The van der Waals surface area contributed by atoms with E-state index in [-0.39, 0.29) is 6.04 Å². The number of hydrogen-bond donors (Lipinski definition) is 1. The molecule has 0 amide bonds. The Morgan fingerprint density at radius 2 is 2.00 bits per heavy atom. The largest absolute Gasteiger partial charge is 0.496 e. The normalized spacial score (nSPS) is 16.8. The Bertz CT molecular complexity index is 709. The Morgan fingerprint density at radius 1 is 1.17 bits per heavy atom. The van der Waals surface area contributed by atoms with Crippen LogP contribution in [-0.2, 0) is 6.42 Å². The number of nitrogens with one attached hydrogen (secondary N) is 1. The monoisotopic (exact) mass is 325 g/mol. The molecule has 0 radical (unpaired) electrons. The van der Waals surface area contributed by atoms with E-state index in [1.54, 1.807) is 7.11 Å². The molecule has 0 spiro atoms. The van der Waals surface area contributed by atoms with Crippen LogP contribution in [0.2, 0.25) is 0 Å². The van der Waals surface area contributed by atoms with E-state index < -0.39 is 0 Å². The summed E-state index contributed by atoms with van der Waals surface area (Å²) in [7, 11) is 1.74. The van der Waals surface area contributed by atoms with Gasteiger partial charge < -0.3 is 14.8 Å². The van der Waals surface area contributed by atoms with Crippen LogP contribution in [0.4, 0.5) is 0 Å². The van der Waals surface area contributed by atoms with Gasteiger partial charge in [-0.15, -0.1) is 0 Å². The summed E-state index contributed by atoms with van der Waals surface area (Å²) in [5.41, 5.74) is 5.29. The first-order valence-corrected chi connectivity index (χ1v) is 8.80. The summed E-state index contributed by atoms with van der Waals surface area (Å²) in [5, 5.41) is 3.67. The van der Waals surface area contributed by atoms with Gasteiger partial charge in [0.25, 0.3) is 0 Å². The Labute approximate surface area is 145 Å². The van der Waals surface area contributed by atoms with Gasteiger partial charge in [-0.1, -0.05) is 26.0 Å². The van der Waals surface area contributed by atoms with Gasteiger partial charge in [0.15, 0.2) is 0 Å². The maximum atomic E-state index is 5.66. The minimum absolute atomic E-state index is 0.229. The van der Waals surface area contributed by atoms with Crippen molar-refractivity contribution in [3.8, 4) is 11.5 Å². The van der Waals surface area contributed by atoms with Crippen LogP contribution in [0.1, 0.15) is 55.0 Å². The zero-order valence-electron chi connectivity index (χ0n) is 15.1. The molecule has 24 heavy (non-hydrogen) atoms. The molecule has 3 rings (SSSR count). The van der Waals surface area contributed by atoms with E-state index in [9.17, 15) is 0 Å². The van der Waals surface area contributed by atoms with Crippen molar-refractivity contribution in [3.63, 3.8) is 0 Å². The van der Waals surface area contributed by atoms with Gasteiger partial charge in [0.2, 0.25) is 0 Å². The van der Waals surface area contributed by atoms with E-state index in [4.69, 9.17) is 9.47 Å². The van der Waals surface area contributed by atoms with Crippen LogP contribution < -0.4 is 14.8 Å². The molecule has 0 saturated heterocycles. The Morgan fingerprint density at radius 3 is 2.71 bits per heavy atom. The summed E-state index contributed by atoms with van der Waals surface area (Å²) in [6, 6.07) is 13.3. The third-order valence-corrected chi connectivity index (χ3v) is 4.69. The van der Waals surface area contributed by atoms with Gasteiger partial charge >= 0.3 is 0 Å². The molecule has 1 heterocycles. The molecule has 128 valence electrons. The molecular weight excluding hydrogens is 298 g/mol. The van der Waals surface area contributed by atoms with E-state index in [0.29, 0.717) is 12.5 Å². The highest BCUT2D eigenvalue weighted by Gasteiger charge is 2.23. The fraction of sp³-hybridized carbons (Fsp3) is 0.429. The maximum absolute atomic E-state index is 5.66. The van der Waals surface area contributed by atoms with Crippen LogP contribution in [0.5, 0.6) is 11.5 Å². The van der Waals surface area contributed by atoms with Crippen molar-refractivity contribution in [2.75, 3.05) is 20.3 Å². The van der Waals surface area contributed by atoms with E-state index >= 15 is 0 Å². The molecule has 3 nitrogen and oxygen atoms in total. The molecule has 2 aromatic carbocycles. The predicted molar refractivity (Wildman–Crippen MR) is 98.2 cm³/mol. The molecule has 0 aliphatic carbocycles. The zero-order chi connectivity index (χ0) is 17.1. The highest BCUT2D eigenvalue weighted by molar-refractivity contribution is 5.47. The van der Waals surface area contributed by atoms with Crippen LogP contribution >= 0.6 is 0 Å². The smallest absolute Gasteiger partial charge is 0.122 e. The summed E-state index contributed by atoms with van der Waals surface area (Å²) in [5.74, 6) is 2.37. The third kappa shape index (κ3) is 3.27. The van der Waals surface area contributed by atoms with E-state index in [0.717, 1.165) is 24.5 Å². The van der Waals surface area contributed by atoms with Crippen LogP contribution in [0, 0.1) is 0 Å². The Hall–Kier alpha value is -2.00. The highest BCUT2D eigenvalue weighted by atomic mass is 16.5. The molecule has 3 heteroatoms. The van der Waals surface area contributed by atoms with Crippen LogP contribution in [0.3, 0.4) is 0 Å². The summed E-state index contributed by atoms with van der Waals surface area (Å²) in [6.07, 6.45) is 1.04. The van der Waals surface area contributed by atoms with Crippen molar-refractivity contribution in [1.82, 2.24) is 5.32 Å². The van der Waals surface area contributed by atoms with Crippen LogP contribution in [0.25, 0.3) is 0 Å². The van der Waals surface area contributed by atoms with Crippen molar-refractivity contribution < 1.29 is 9.47 Å². The molecule has 1 aliphatic rings. The average molecular weight is 325 g/mol. The highest BCUT2D eigenvalue weighted by Crippen LogP contribution is 2.35. The molecule has 1 atom stereocenters. The predicted octanol–water partition coefficient (Wildman–Crippen LogP) is 4.45. The number of rotatable bonds is 5. The average Bonchev–Trinajstić information content (AvgIpc) is 2.60. The zero-order valence-corrected chi connectivity index (χ0v) is 15.1. The topological polar surface area (TPSA) is 30.5 Å². The summed E-state index contributed by atoms with van der Waals surface area (Å²) in [4.78, 5) is 0. The SMILES string of the molecule is CCOc1ccc2c(c1)CCNC2c1ccc(OC)c(C(C)C)c1. The van der Waals surface area contributed by atoms with E-state index in [2.05, 4.69) is 55.6 Å². The van der Waals surface area contributed by atoms with E-state index in [1.165, 1.54) is 22.3 Å². The summed E-state index contributed by atoms with van der Waals surface area (Å²) in [6.45, 7) is 8.12. The minimum Gasteiger partial charge on any atom is -0.496 e. The number of ether oxygens (including phenoxy) is 2. The number of benzene rings is 2. The fourth-order valence-electron chi connectivity index (χ4n) is 3.48. The van der Waals surface area contributed by atoms with Gasteiger partial charge in [-0.3, -0.25) is 0 Å². The first-order valence-electron chi connectivity index (χ1n) is 8.80. The second kappa shape index (κ2) is 7.27. The quantitative estimate of drug-likeness (QED) is 0.881. The molecule has 1 unspecified atom stereocenters. The molecule has 1 N–H and O–H groups in total. The van der Waals surface area contributed by atoms with Gasteiger partial charge in [-0.05, 0) is 65.8 Å². The third-order valence-electron chi connectivity index (χ3n) is 4.69. The summed E-state index contributed by atoms with van der Waals surface area (Å²) < 4.78 is 11.2. The molecule has 0 bridgehead atoms. The fourth-order valence-corrected chi connectivity index (χ4v) is 3.48. The summed E-state index contributed by atoms with van der Waals surface area (Å²) >= 11 is 0. The van der Waals surface area contributed by atoms with Crippen LogP contribution in [0.15, 0.2) is 36.4 Å². The van der Waals surface area contributed by atoms with Crippen molar-refractivity contribution >= 4 is 0 Å². The molecule has 0 fully saturated rings. The molecule has 1 aliphatic heterocycles. The van der Waals surface area contributed by atoms with Crippen molar-refractivity contribution in [2.24, 2.45) is 0 Å². The number of methoxy groups -OCH3 is 1. The lowest BCUT2D eigenvalue weighted by molar-refractivity contribution is 0.339.